The first-order chi connectivity index (χ1) is 8.70. The van der Waals surface area contributed by atoms with Gasteiger partial charge >= 0.3 is 0 Å². The third-order valence-corrected chi connectivity index (χ3v) is 3.36. The monoisotopic (exact) mass is 240 g/mol. The molecule has 0 aliphatic heterocycles. The molecule has 0 fully saturated rings. The van der Waals surface area contributed by atoms with Gasteiger partial charge in [-0.3, -0.25) is 0 Å². The van der Waals surface area contributed by atoms with Gasteiger partial charge in [0.15, 0.2) is 0 Å². The molecule has 0 heterocycles. The van der Waals surface area contributed by atoms with Gasteiger partial charge in [0.25, 0.3) is 0 Å². The fourth-order valence-corrected chi connectivity index (χ4v) is 2.05. The average Bonchev–Trinajstić information content (AvgIpc) is 2.39. The van der Waals surface area contributed by atoms with Crippen LogP contribution in [0.4, 0.5) is 0 Å². The quantitative estimate of drug-likeness (QED) is 0.767. The molecule has 0 aliphatic carbocycles. The smallest absolute Gasteiger partial charge is 0.119 e. The highest BCUT2D eigenvalue weighted by atomic mass is 16.5. The summed E-state index contributed by atoms with van der Waals surface area (Å²) in [6, 6.07) is 14.7. The van der Waals surface area contributed by atoms with Crippen LogP contribution in [0.5, 0.6) is 5.75 Å². The van der Waals surface area contributed by atoms with E-state index in [1.807, 2.05) is 12.1 Å². The maximum absolute atomic E-state index is 5.85. The Labute approximate surface area is 109 Å². The summed E-state index contributed by atoms with van der Waals surface area (Å²) in [6.07, 6.45) is 1.07. The molecule has 0 aromatic heterocycles. The highest BCUT2D eigenvalue weighted by molar-refractivity contribution is 5.34. The van der Waals surface area contributed by atoms with Gasteiger partial charge in [0.2, 0.25) is 0 Å². The molecule has 0 saturated heterocycles. The van der Waals surface area contributed by atoms with E-state index in [1.165, 1.54) is 22.3 Å². The van der Waals surface area contributed by atoms with Gasteiger partial charge < -0.3 is 4.74 Å². The molecule has 2 aromatic rings. The topological polar surface area (TPSA) is 9.23 Å². The van der Waals surface area contributed by atoms with E-state index < -0.39 is 0 Å². The fraction of sp³-hybridized carbons (Fsp3) is 0.294. The molecule has 0 atom stereocenters. The van der Waals surface area contributed by atoms with E-state index in [-0.39, 0.29) is 0 Å². The summed E-state index contributed by atoms with van der Waals surface area (Å²) in [5, 5.41) is 0. The van der Waals surface area contributed by atoms with Gasteiger partial charge in [-0.05, 0) is 54.7 Å². The van der Waals surface area contributed by atoms with Crippen LogP contribution in [0, 0.1) is 13.8 Å². The zero-order valence-corrected chi connectivity index (χ0v) is 11.4. The summed E-state index contributed by atoms with van der Waals surface area (Å²) in [7, 11) is 0. The van der Waals surface area contributed by atoms with Crippen molar-refractivity contribution in [1.29, 1.82) is 0 Å². The van der Waals surface area contributed by atoms with Gasteiger partial charge in [-0.15, -0.1) is 0 Å². The first-order valence-corrected chi connectivity index (χ1v) is 6.47. The van der Waals surface area contributed by atoms with Crippen LogP contribution in [0.2, 0.25) is 0 Å². The van der Waals surface area contributed by atoms with Crippen LogP contribution in [0.15, 0.2) is 42.5 Å². The number of hydrogen-bond donors (Lipinski definition) is 0. The number of benzene rings is 2. The maximum atomic E-state index is 5.85. The lowest BCUT2D eigenvalue weighted by Crippen LogP contribution is -2.00. The third kappa shape index (κ3) is 2.92. The molecule has 0 saturated carbocycles. The van der Waals surface area contributed by atoms with Crippen molar-refractivity contribution >= 4 is 0 Å². The summed E-state index contributed by atoms with van der Waals surface area (Å²) < 4.78 is 5.85. The number of ether oxygens (including phenoxy) is 1. The van der Waals surface area contributed by atoms with Crippen LogP contribution in [-0.4, -0.2) is 0 Å². The first-order valence-electron chi connectivity index (χ1n) is 6.47. The van der Waals surface area contributed by atoms with E-state index in [0.717, 1.165) is 12.2 Å². The molecule has 2 rings (SSSR count). The van der Waals surface area contributed by atoms with Crippen molar-refractivity contribution in [3.63, 3.8) is 0 Å². The van der Waals surface area contributed by atoms with Gasteiger partial charge in [0.1, 0.15) is 12.4 Å². The van der Waals surface area contributed by atoms with Crippen LogP contribution in [0.1, 0.15) is 29.2 Å². The van der Waals surface area contributed by atoms with Crippen molar-refractivity contribution in [2.45, 2.75) is 33.8 Å². The van der Waals surface area contributed by atoms with Crippen LogP contribution in [-0.2, 0) is 13.0 Å². The number of hydrogen-bond acceptors (Lipinski definition) is 1. The second-order valence-corrected chi connectivity index (χ2v) is 4.66. The summed E-state index contributed by atoms with van der Waals surface area (Å²) in [4.78, 5) is 0. The van der Waals surface area contributed by atoms with Crippen LogP contribution in [0.25, 0.3) is 0 Å². The molecule has 0 aliphatic rings. The van der Waals surface area contributed by atoms with E-state index in [4.69, 9.17) is 4.74 Å². The summed E-state index contributed by atoms with van der Waals surface area (Å²) in [5.74, 6) is 0.940. The summed E-state index contributed by atoms with van der Waals surface area (Å²) in [5.41, 5.74) is 5.21. The van der Waals surface area contributed by atoms with Crippen LogP contribution >= 0.6 is 0 Å². The van der Waals surface area contributed by atoms with Crippen molar-refractivity contribution in [2.75, 3.05) is 0 Å². The zero-order chi connectivity index (χ0) is 13.0. The summed E-state index contributed by atoms with van der Waals surface area (Å²) >= 11 is 0. The second kappa shape index (κ2) is 5.72. The minimum Gasteiger partial charge on any atom is -0.489 e. The highest BCUT2D eigenvalue weighted by Gasteiger charge is 2.03. The molecule has 0 radical (unpaired) electrons. The SMILES string of the molecule is CCc1ccc(OCc2c(C)cccc2C)cc1. The first kappa shape index (κ1) is 12.7. The molecule has 0 spiro atoms. The predicted octanol–water partition coefficient (Wildman–Crippen LogP) is 4.44. The van der Waals surface area contributed by atoms with Crippen molar-refractivity contribution in [2.24, 2.45) is 0 Å². The summed E-state index contributed by atoms with van der Waals surface area (Å²) in [6.45, 7) is 7.06. The average molecular weight is 240 g/mol. The van der Waals surface area contributed by atoms with Gasteiger partial charge in [0.05, 0.1) is 0 Å². The van der Waals surface area contributed by atoms with Crippen molar-refractivity contribution in [3.8, 4) is 5.75 Å². The normalized spacial score (nSPS) is 10.4. The van der Waals surface area contributed by atoms with Crippen LogP contribution in [0.3, 0.4) is 0 Å². The van der Waals surface area contributed by atoms with Crippen LogP contribution < -0.4 is 4.74 Å². The lowest BCUT2D eigenvalue weighted by Gasteiger charge is -2.11. The molecule has 0 N–H and O–H groups in total. The number of rotatable bonds is 4. The molecular formula is C17H20O. The Morgan fingerprint density at radius 3 is 2.06 bits per heavy atom. The van der Waals surface area contributed by atoms with Gasteiger partial charge in [-0.25, -0.2) is 0 Å². The molecule has 94 valence electrons. The van der Waals surface area contributed by atoms with E-state index in [0.29, 0.717) is 6.61 Å². The Hall–Kier alpha value is -1.76. The molecule has 1 nitrogen and oxygen atoms in total. The van der Waals surface area contributed by atoms with Gasteiger partial charge in [0, 0.05) is 0 Å². The van der Waals surface area contributed by atoms with Crippen molar-refractivity contribution in [1.82, 2.24) is 0 Å². The van der Waals surface area contributed by atoms with E-state index in [1.54, 1.807) is 0 Å². The van der Waals surface area contributed by atoms with Crippen molar-refractivity contribution < 1.29 is 4.74 Å². The largest absolute Gasteiger partial charge is 0.489 e. The Kier molecular flexibility index (Phi) is 4.03. The Morgan fingerprint density at radius 1 is 0.889 bits per heavy atom. The zero-order valence-electron chi connectivity index (χ0n) is 11.4. The third-order valence-electron chi connectivity index (χ3n) is 3.36. The predicted molar refractivity (Wildman–Crippen MR) is 76.1 cm³/mol. The van der Waals surface area contributed by atoms with E-state index >= 15 is 0 Å². The lowest BCUT2D eigenvalue weighted by molar-refractivity contribution is 0.304. The molecule has 1 heteroatoms. The maximum Gasteiger partial charge on any atom is 0.119 e. The fourth-order valence-electron chi connectivity index (χ4n) is 2.05. The Bertz CT molecular complexity index is 491. The molecule has 0 unspecified atom stereocenters. The molecule has 18 heavy (non-hydrogen) atoms. The Balaban J connectivity index is 2.06. The van der Waals surface area contributed by atoms with Crippen molar-refractivity contribution in [3.05, 3.63) is 64.7 Å². The highest BCUT2D eigenvalue weighted by Crippen LogP contribution is 2.18. The number of aryl methyl sites for hydroxylation is 3. The van der Waals surface area contributed by atoms with E-state index in [2.05, 4.69) is 51.1 Å². The van der Waals surface area contributed by atoms with Gasteiger partial charge in [-0.2, -0.15) is 0 Å². The molecular weight excluding hydrogens is 220 g/mol. The molecule has 2 aromatic carbocycles. The van der Waals surface area contributed by atoms with E-state index in [9.17, 15) is 0 Å². The Morgan fingerprint density at radius 2 is 1.50 bits per heavy atom. The standard InChI is InChI=1S/C17H20O/c1-4-15-8-10-16(11-9-15)18-12-17-13(2)6-5-7-14(17)3/h5-11H,4,12H2,1-3H3. The lowest BCUT2D eigenvalue weighted by atomic mass is 10.0. The van der Waals surface area contributed by atoms with Gasteiger partial charge in [-0.1, -0.05) is 37.3 Å². The molecule has 0 amide bonds. The minimum atomic E-state index is 0.643. The molecule has 0 bridgehead atoms. The minimum absolute atomic E-state index is 0.643. The second-order valence-electron chi connectivity index (χ2n) is 4.66.